The molecule has 6 nitrogen and oxygen atoms in total. The highest BCUT2D eigenvalue weighted by atomic mass is 79.9. The molecule has 2 heterocycles. The zero-order valence-corrected chi connectivity index (χ0v) is 17.9. The second-order valence-electron chi connectivity index (χ2n) is 7.40. The highest BCUT2D eigenvalue weighted by molar-refractivity contribution is 9.10. The Morgan fingerprint density at radius 2 is 2.00 bits per heavy atom. The Morgan fingerprint density at radius 3 is 2.76 bits per heavy atom. The lowest BCUT2D eigenvalue weighted by atomic mass is 9.96. The molecular formula is C22H23BrN4O2. The van der Waals surface area contributed by atoms with Gasteiger partial charge in [0, 0.05) is 16.0 Å². The maximum Gasteiger partial charge on any atom is 0.241 e. The van der Waals surface area contributed by atoms with Gasteiger partial charge in [0.15, 0.2) is 0 Å². The molecule has 0 atom stereocenters. The number of hydrogen-bond donors (Lipinski definition) is 1. The maximum atomic E-state index is 12.6. The van der Waals surface area contributed by atoms with Gasteiger partial charge in [0.25, 0.3) is 0 Å². The number of aryl methyl sites for hydroxylation is 1. The van der Waals surface area contributed by atoms with Crippen LogP contribution in [0.1, 0.15) is 24.3 Å². The molecule has 4 rings (SSSR count). The molecule has 1 amide bonds. The zero-order chi connectivity index (χ0) is 20.2. The number of amides is 1. The highest BCUT2D eigenvalue weighted by Gasteiger charge is 2.26. The summed E-state index contributed by atoms with van der Waals surface area (Å²) in [6, 6.07) is 15.7. The lowest BCUT2D eigenvalue weighted by Crippen LogP contribution is -2.37. The van der Waals surface area contributed by atoms with Crippen LogP contribution < -0.4 is 5.32 Å². The van der Waals surface area contributed by atoms with E-state index >= 15 is 0 Å². The van der Waals surface area contributed by atoms with Gasteiger partial charge in [0.2, 0.25) is 17.6 Å². The van der Waals surface area contributed by atoms with E-state index < -0.39 is 0 Å². The fourth-order valence-corrected chi connectivity index (χ4v) is 3.95. The normalized spacial score (nSPS) is 15.4. The number of piperidine rings is 1. The number of carbonyl (C=O) groups is 1. The number of rotatable bonds is 5. The molecule has 0 radical (unpaired) electrons. The Balaban J connectivity index is 1.30. The van der Waals surface area contributed by atoms with E-state index in [2.05, 4.69) is 36.3 Å². The van der Waals surface area contributed by atoms with Gasteiger partial charge in [-0.1, -0.05) is 41.1 Å². The van der Waals surface area contributed by atoms with E-state index in [0.717, 1.165) is 47.2 Å². The van der Waals surface area contributed by atoms with Crippen LogP contribution in [0.15, 0.2) is 57.5 Å². The monoisotopic (exact) mass is 454 g/mol. The van der Waals surface area contributed by atoms with Crippen LogP contribution in [-0.2, 0) is 11.3 Å². The van der Waals surface area contributed by atoms with Crippen molar-refractivity contribution in [3.8, 4) is 11.4 Å². The van der Waals surface area contributed by atoms with E-state index in [4.69, 9.17) is 4.52 Å². The van der Waals surface area contributed by atoms with Crippen molar-refractivity contribution in [3.05, 3.63) is 64.5 Å². The Labute approximate surface area is 178 Å². The fraction of sp³-hybridized carbons (Fsp3) is 0.318. The van der Waals surface area contributed by atoms with E-state index in [1.165, 1.54) is 0 Å². The number of benzene rings is 2. The molecule has 1 aliphatic rings. The lowest BCUT2D eigenvalue weighted by Gasteiger charge is -2.30. The highest BCUT2D eigenvalue weighted by Crippen LogP contribution is 2.25. The predicted octanol–water partition coefficient (Wildman–Crippen LogP) is 4.66. The van der Waals surface area contributed by atoms with Crippen molar-refractivity contribution in [3.63, 3.8) is 0 Å². The molecule has 0 saturated carbocycles. The van der Waals surface area contributed by atoms with Gasteiger partial charge in [-0.2, -0.15) is 4.98 Å². The number of aromatic nitrogens is 2. The Kier molecular flexibility index (Phi) is 6.06. The average molecular weight is 455 g/mol. The first-order valence-corrected chi connectivity index (χ1v) is 10.5. The molecule has 1 aliphatic heterocycles. The number of carbonyl (C=O) groups excluding carboxylic acids is 1. The summed E-state index contributed by atoms with van der Waals surface area (Å²) < 4.78 is 6.34. The van der Waals surface area contributed by atoms with Crippen LogP contribution in [0.4, 0.5) is 5.69 Å². The summed E-state index contributed by atoms with van der Waals surface area (Å²) in [5.41, 5.74) is 2.94. The quantitative estimate of drug-likeness (QED) is 0.606. The zero-order valence-electron chi connectivity index (χ0n) is 16.3. The minimum atomic E-state index is 0.0175. The second-order valence-corrected chi connectivity index (χ2v) is 8.26. The summed E-state index contributed by atoms with van der Waals surface area (Å²) in [4.78, 5) is 19.4. The number of halogens is 1. The molecule has 1 saturated heterocycles. The largest absolute Gasteiger partial charge is 0.338 e. The van der Waals surface area contributed by atoms with E-state index in [9.17, 15) is 4.79 Å². The molecule has 2 aromatic carbocycles. The number of nitrogens with zero attached hydrogens (tertiary/aromatic N) is 3. The summed E-state index contributed by atoms with van der Waals surface area (Å²) >= 11 is 3.47. The molecule has 0 aliphatic carbocycles. The Bertz CT molecular complexity index is 996. The van der Waals surface area contributed by atoms with E-state index in [0.29, 0.717) is 18.3 Å². The van der Waals surface area contributed by atoms with Gasteiger partial charge in [-0.25, -0.2) is 0 Å². The molecule has 1 aromatic heterocycles. The SMILES string of the molecule is Cc1cccc(-c2noc(CN3CCC(C(=O)Nc4ccccc4Br)CC3)n2)c1. The molecule has 7 heteroatoms. The standard InChI is InChI=1S/C22H23BrN4O2/c1-15-5-4-6-17(13-15)21-25-20(29-26-21)14-27-11-9-16(10-12-27)22(28)24-19-8-3-2-7-18(19)23/h2-8,13,16H,9-12,14H2,1H3,(H,24,28). The van der Waals surface area contributed by atoms with Crippen LogP contribution in [0, 0.1) is 12.8 Å². The van der Waals surface area contributed by atoms with Crippen molar-refractivity contribution in [1.29, 1.82) is 0 Å². The Hall–Kier alpha value is -2.51. The summed E-state index contributed by atoms with van der Waals surface area (Å²) in [7, 11) is 0. The van der Waals surface area contributed by atoms with Gasteiger partial charge in [0.1, 0.15) is 0 Å². The third kappa shape index (κ3) is 4.92. The number of hydrogen-bond acceptors (Lipinski definition) is 5. The first-order chi connectivity index (χ1) is 14.1. The van der Waals surface area contributed by atoms with Crippen molar-refractivity contribution in [2.45, 2.75) is 26.3 Å². The molecule has 0 bridgehead atoms. The molecule has 1 N–H and O–H groups in total. The Morgan fingerprint density at radius 1 is 1.21 bits per heavy atom. The van der Waals surface area contributed by atoms with E-state index in [1.54, 1.807) is 0 Å². The molecule has 0 unspecified atom stereocenters. The number of nitrogens with one attached hydrogen (secondary N) is 1. The summed E-state index contributed by atoms with van der Waals surface area (Å²) in [6.45, 7) is 4.31. The summed E-state index contributed by atoms with van der Waals surface area (Å²) in [6.07, 6.45) is 1.63. The van der Waals surface area contributed by atoms with Crippen LogP contribution in [0.3, 0.4) is 0 Å². The van der Waals surface area contributed by atoms with Gasteiger partial charge in [-0.15, -0.1) is 0 Å². The van der Waals surface area contributed by atoms with E-state index in [-0.39, 0.29) is 11.8 Å². The van der Waals surface area contributed by atoms with Crippen molar-refractivity contribution < 1.29 is 9.32 Å². The van der Waals surface area contributed by atoms with Crippen LogP contribution in [-0.4, -0.2) is 34.0 Å². The van der Waals surface area contributed by atoms with Crippen molar-refractivity contribution in [2.24, 2.45) is 5.92 Å². The number of likely N-dealkylation sites (tertiary alicyclic amines) is 1. The molecule has 1 fully saturated rings. The van der Waals surface area contributed by atoms with Gasteiger partial charge >= 0.3 is 0 Å². The average Bonchev–Trinajstić information content (AvgIpc) is 3.19. The topological polar surface area (TPSA) is 71.3 Å². The lowest BCUT2D eigenvalue weighted by molar-refractivity contribution is -0.121. The number of anilines is 1. The summed E-state index contributed by atoms with van der Waals surface area (Å²) in [5.74, 6) is 1.32. The second kappa shape index (κ2) is 8.88. The third-order valence-electron chi connectivity index (χ3n) is 5.19. The fourth-order valence-electron chi connectivity index (χ4n) is 3.56. The molecule has 29 heavy (non-hydrogen) atoms. The summed E-state index contributed by atoms with van der Waals surface area (Å²) in [5, 5.41) is 7.14. The smallest absolute Gasteiger partial charge is 0.241 e. The van der Waals surface area contributed by atoms with Gasteiger partial charge in [-0.3, -0.25) is 9.69 Å². The molecule has 0 spiro atoms. The van der Waals surface area contributed by atoms with Gasteiger partial charge in [-0.05, 0) is 67.0 Å². The minimum absolute atomic E-state index is 0.0175. The van der Waals surface area contributed by atoms with Crippen LogP contribution >= 0.6 is 15.9 Å². The van der Waals surface area contributed by atoms with Crippen molar-refractivity contribution >= 4 is 27.5 Å². The first kappa shape index (κ1) is 19.8. The third-order valence-corrected chi connectivity index (χ3v) is 5.88. The first-order valence-electron chi connectivity index (χ1n) is 9.76. The van der Waals surface area contributed by atoms with Crippen LogP contribution in [0.25, 0.3) is 11.4 Å². The van der Waals surface area contributed by atoms with Gasteiger partial charge in [0.05, 0.1) is 12.2 Å². The number of para-hydroxylation sites is 1. The predicted molar refractivity (Wildman–Crippen MR) is 115 cm³/mol. The minimum Gasteiger partial charge on any atom is -0.338 e. The molecular weight excluding hydrogens is 432 g/mol. The van der Waals surface area contributed by atoms with Crippen LogP contribution in [0.5, 0.6) is 0 Å². The molecule has 3 aromatic rings. The van der Waals surface area contributed by atoms with E-state index in [1.807, 2.05) is 55.5 Å². The van der Waals surface area contributed by atoms with Crippen LogP contribution in [0.2, 0.25) is 0 Å². The van der Waals surface area contributed by atoms with Crippen molar-refractivity contribution in [2.75, 3.05) is 18.4 Å². The maximum absolute atomic E-state index is 12.6. The van der Waals surface area contributed by atoms with Gasteiger partial charge < -0.3 is 9.84 Å². The van der Waals surface area contributed by atoms with Crippen molar-refractivity contribution in [1.82, 2.24) is 15.0 Å². The molecule has 150 valence electrons.